The van der Waals surface area contributed by atoms with Gasteiger partial charge in [-0.3, -0.25) is 0 Å². The molecule has 0 bridgehead atoms. The van der Waals surface area contributed by atoms with Crippen LogP contribution in [0.3, 0.4) is 0 Å². The number of hydrogen-bond donors (Lipinski definition) is 2. The molecular weight excluding hydrogens is 540 g/mol. The summed E-state index contributed by atoms with van der Waals surface area (Å²) in [6.45, 7) is -0.610. The van der Waals surface area contributed by atoms with E-state index in [1.165, 1.54) is 14.2 Å². The molecular formula is C32H38N2O8. The van der Waals surface area contributed by atoms with Crippen LogP contribution in [0.25, 0.3) is 0 Å². The molecule has 0 spiro atoms. The number of benzene rings is 2. The maximum atomic E-state index is 13.3. The largest absolute Gasteiger partial charge is 0.497 e. The van der Waals surface area contributed by atoms with E-state index >= 15 is 0 Å². The molecule has 0 radical (unpaired) electrons. The Morgan fingerprint density at radius 2 is 1.00 bits per heavy atom. The summed E-state index contributed by atoms with van der Waals surface area (Å²) in [5.74, 6) is -0.901. The van der Waals surface area contributed by atoms with Crippen molar-refractivity contribution >= 4 is 11.9 Å². The van der Waals surface area contributed by atoms with E-state index < -0.39 is 46.7 Å². The Hall–Kier alpha value is -4.02. The molecule has 42 heavy (non-hydrogen) atoms. The van der Waals surface area contributed by atoms with Crippen molar-refractivity contribution in [2.24, 2.45) is 10.8 Å². The number of rotatable bonds is 8. The van der Waals surface area contributed by atoms with E-state index in [-0.39, 0.29) is 13.2 Å². The van der Waals surface area contributed by atoms with Gasteiger partial charge in [-0.25, -0.2) is 9.59 Å². The van der Waals surface area contributed by atoms with Crippen molar-refractivity contribution < 1.29 is 38.7 Å². The van der Waals surface area contributed by atoms with E-state index in [1.54, 1.807) is 26.6 Å². The molecule has 5 rings (SSSR count). The Bertz CT molecular complexity index is 1290. The third kappa shape index (κ3) is 3.92. The zero-order valence-electron chi connectivity index (χ0n) is 24.7. The molecule has 6 atom stereocenters. The Morgan fingerprint density at radius 1 is 0.667 bits per heavy atom. The summed E-state index contributed by atoms with van der Waals surface area (Å²) >= 11 is 0. The molecule has 4 unspecified atom stereocenters. The lowest BCUT2D eigenvalue weighted by molar-refractivity contribution is -0.254. The van der Waals surface area contributed by atoms with E-state index in [0.29, 0.717) is 22.6 Å². The molecule has 10 nitrogen and oxygen atoms in total. The molecule has 0 amide bonds. The van der Waals surface area contributed by atoms with Crippen LogP contribution in [0.2, 0.25) is 0 Å². The Balaban J connectivity index is 1.79. The quantitative estimate of drug-likeness (QED) is 0.452. The predicted molar refractivity (Wildman–Crippen MR) is 154 cm³/mol. The first-order chi connectivity index (χ1) is 20.2. The number of carbonyl (C=O) groups is 2. The van der Waals surface area contributed by atoms with Crippen LogP contribution in [-0.2, 0) is 19.1 Å². The van der Waals surface area contributed by atoms with Crippen LogP contribution in [-0.4, -0.2) is 99.8 Å². The van der Waals surface area contributed by atoms with Crippen LogP contribution < -0.4 is 9.47 Å². The topological polar surface area (TPSA) is 118 Å². The second-order valence-electron chi connectivity index (χ2n) is 11.2. The smallest absolute Gasteiger partial charge is 0.335 e. The van der Waals surface area contributed by atoms with Crippen molar-refractivity contribution in [1.82, 2.24) is 9.80 Å². The summed E-state index contributed by atoms with van der Waals surface area (Å²) in [7, 11) is 9.50. The second kappa shape index (κ2) is 11.0. The van der Waals surface area contributed by atoms with E-state index in [1.807, 2.05) is 72.4 Å². The van der Waals surface area contributed by atoms with Gasteiger partial charge in [0.2, 0.25) is 0 Å². The zero-order chi connectivity index (χ0) is 30.4. The molecule has 1 saturated carbocycles. The van der Waals surface area contributed by atoms with Crippen LogP contribution in [0.4, 0.5) is 0 Å². The number of esters is 2. The minimum atomic E-state index is -0.984. The molecule has 0 aromatic heterocycles. The highest BCUT2D eigenvalue weighted by Crippen LogP contribution is 2.73. The summed E-state index contributed by atoms with van der Waals surface area (Å²) in [6, 6.07) is 13.8. The average molecular weight is 579 g/mol. The molecule has 2 aliphatic heterocycles. The molecule has 2 aromatic carbocycles. The van der Waals surface area contributed by atoms with E-state index in [2.05, 4.69) is 0 Å². The SMILES string of the molecule is COC(=O)C1=CN(C)C2C(CO)(C3N(C)C=C(C(=O)OC)[C@@H](c4ccc(OC)cc4)C23CO)[C@H]1c1ccc(OC)cc1. The van der Waals surface area contributed by atoms with Gasteiger partial charge in [-0.05, 0) is 35.4 Å². The van der Waals surface area contributed by atoms with Gasteiger partial charge in [-0.15, -0.1) is 0 Å². The van der Waals surface area contributed by atoms with Crippen LogP contribution in [0.5, 0.6) is 11.5 Å². The Kier molecular flexibility index (Phi) is 7.72. The predicted octanol–water partition coefficient (Wildman–Crippen LogP) is 2.28. The van der Waals surface area contributed by atoms with Crippen molar-refractivity contribution in [2.45, 2.75) is 23.9 Å². The van der Waals surface area contributed by atoms with Gasteiger partial charge >= 0.3 is 11.9 Å². The average Bonchev–Trinajstić information content (AvgIpc) is 3.01. The van der Waals surface area contributed by atoms with Crippen molar-refractivity contribution in [3.05, 3.63) is 83.2 Å². The van der Waals surface area contributed by atoms with Crippen LogP contribution >= 0.6 is 0 Å². The van der Waals surface area contributed by atoms with Crippen molar-refractivity contribution in [1.29, 1.82) is 0 Å². The molecule has 0 saturated heterocycles. The van der Waals surface area contributed by atoms with Gasteiger partial charge in [0.1, 0.15) is 11.5 Å². The number of aliphatic hydroxyl groups excluding tert-OH is 2. The van der Waals surface area contributed by atoms with Crippen LogP contribution in [0, 0.1) is 10.8 Å². The van der Waals surface area contributed by atoms with Gasteiger partial charge in [-0.2, -0.15) is 0 Å². The maximum Gasteiger partial charge on any atom is 0.335 e. The third-order valence-corrected chi connectivity index (χ3v) is 9.52. The number of nitrogens with zero attached hydrogens (tertiary/aromatic N) is 2. The van der Waals surface area contributed by atoms with Crippen LogP contribution in [0.1, 0.15) is 23.0 Å². The highest BCUT2D eigenvalue weighted by Gasteiger charge is 2.80. The van der Waals surface area contributed by atoms with Crippen LogP contribution in [0.15, 0.2) is 72.1 Å². The first-order valence-corrected chi connectivity index (χ1v) is 13.7. The van der Waals surface area contributed by atoms with E-state index in [0.717, 1.165) is 11.1 Å². The van der Waals surface area contributed by atoms with Gasteiger partial charge in [0.05, 0.1) is 52.8 Å². The van der Waals surface area contributed by atoms with Crippen molar-refractivity contribution in [2.75, 3.05) is 55.7 Å². The van der Waals surface area contributed by atoms with Gasteiger partial charge in [0, 0.05) is 61.2 Å². The molecule has 1 aliphatic carbocycles. The lowest BCUT2D eigenvalue weighted by Gasteiger charge is -2.77. The number of methoxy groups -OCH3 is 4. The summed E-state index contributed by atoms with van der Waals surface area (Å²) in [5.41, 5.74) is 0.397. The molecule has 2 N–H and O–H groups in total. The molecule has 224 valence electrons. The van der Waals surface area contributed by atoms with Gasteiger partial charge < -0.3 is 39.0 Å². The molecule has 2 heterocycles. The summed E-state index contributed by atoms with van der Waals surface area (Å²) in [6.07, 6.45) is 3.49. The maximum absolute atomic E-state index is 13.3. The van der Waals surface area contributed by atoms with Gasteiger partial charge in [0.25, 0.3) is 0 Å². The summed E-state index contributed by atoms with van der Waals surface area (Å²) in [5, 5.41) is 22.9. The summed E-state index contributed by atoms with van der Waals surface area (Å²) < 4.78 is 21.2. The molecule has 10 heteroatoms. The number of hydrogen-bond acceptors (Lipinski definition) is 10. The molecule has 3 aliphatic rings. The molecule has 2 aromatic rings. The third-order valence-electron chi connectivity index (χ3n) is 9.52. The first kappa shape index (κ1) is 29.5. The second-order valence-corrected chi connectivity index (χ2v) is 11.2. The minimum absolute atomic E-state index is 0.305. The number of ether oxygens (including phenoxy) is 4. The molecule has 1 fully saturated rings. The van der Waals surface area contributed by atoms with Gasteiger partial charge in [-0.1, -0.05) is 24.3 Å². The highest BCUT2D eigenvalue weighted by molar-refractivity contribution is 5.92. The van der Waals surface area contributed by atoms with Crippen molar-refractivity contribution in [3.8, 4) is 11.5 Å². The fraction of sp³-hybridized carbons (Fsp3) is 0.438. The Labute approximate surface area is 245 Å². The fourth-order valence-corrected chi connectivity index (χ4v) is 8.35. The zero-order valence-corrected chi connectivity index (χ0v) is 24.7. The van der Waals surface area contributed by atoms with E-state index in [9.17, 15) is 19.8 Å². The lowest BCUT2D eigenvalue weighted by Crippen LogP contribution is -2.86. The lowest BCUT2D eigenvalue weighted by atomic mass is 9.34. The minimum Gasteiger partial charge on any atom is -0.497 e. The summed E-state index contributed by atoms with van der Waals surface area (Å²) in [4.78, 5) is 30.4. The Morgan fingerprint density at radius 3 is 1.26 bits per heavy atom. The standard InChI is InChI=1S/C32H38N2O8/c1-33-15-23(27(37)41-5)25(19-7-11-21(39-3)12-8-19)31(17-35)29(33)32(18-36)26(20-9-13-22(40-4)14-10-20)24(28(38)42-6)16-34(2)30(31)32/h7-16,25-26,29-30,35-36H,17-18H2,1-6H3/t25-,26+,29?,30?,31?,32?. The van der Waals surface area contributed by atoms with Gasteiger partial charge in [0.15, 0.2) is 0 Å². The normalized spacial score (nSPS) is 29.7. The highest BCUT2D eigenvalue weighted by atomic mass is 16.5. The fourth-order valence-electron chi connectivity index (χ4n) is 8.35. The monoisotopic (exact) mass is 578 g/mol. The number of fused-ring (bicyclic) bond motifs is 4. The van der Waals surface area contributed by atoms with E-state index in [4.69, 9.17) is 18.9 Å². The van der Waals surface area contributed by atoms with Crippen molar-refractivity contribution in [3.63, 3.8) is 0 Å². The number of aliphatic hydroxyl groups is 2. The number of carbonyl (C=O) groups excluding carboxylic acids is 2. The first-order valence-electron chi connectivity index (χ1n) is 13.7.